The summed E-state index contributed by atoms with van der Waals surface area (Å²) in [6.07, 6.45) is 4.43. The second-order valence-electron chi connectivity index (χ2n) is 11.1. The molecule has 4 aromatic rings. The van der Waals surface area contributed by atoms with Crippen molar-refractivity contribution < 1.29 is 9.47 Å². The number of methoxy groups -OCH3 is 1. The van der Waals surface area contributed by atoms with E-state index in [1.165, 1.54) is 34.2 Å². The SMILES string of the molecule is COc1ccc(C2(c3ccc(Oc4ccc(Cc5ccc(C)cc5)cc4)cc3)CCC(C)(C)C2)cc1. The first-order valence-electron chi connectivity index (χ1n) is 12.9. The summed E-state index contributed by atoms with van der Waals surface area (Å²) in [5.74, 6) is 2.63. The van der Waals surface area contributed by atoms with Crippen molar-refractivity contribution in [3.63, 3.8) is 0 Å². The Morgan fingerprint density at radius 1 is 0.611 bits per heavy atom. The molecule has 1 atom stereocenters. The van der Waals surface area contributed by atoms with E-state index in [1.807, 2.05) is 0 Å². The third kappa shape index (κ3) is 5.18. The number of ether oxygens (including phenoxy) is 2. The molecule has 0 aromatic heterocycles. The molecule has 1 aliphatic rings. The number of aryl methyl sites for hydroxylation is 1. The Labute approximate surface area is 215 Å². The highest BCUT2D eigenvalue weighted by Gasteiger charge is 2.45. The molecule has 0 radical (unpaired) electrons. The Balaban J connectivity index is 1.32. The molecule has 2 heteroatoms. The molecule has 36 heavy (non-hydrogen) atoms. The van der Waals surface area contributed by atoms with Gasteiger partial charge in [0, 0.05) is 5.41 Å². The summed E-state index contributed by atoms with van der Waals surface area (Å²) in [5.41, 5.74) is 6.96. The lowest BCUT2D eigenvalue weighted by Crippen LogP contribution is -2.25. The van der Waals surface area contributed by atoms with Crippen molar-refractivity contribution in [2.75, 3.05) is 7.11 Å². The van der Waals surface area contributed by atoms with Crippen LogP contribution in [0.15, 0.2) is 97.1 Å². The van der Waals surface area contributed by atoms with Gasteiger partial charge in [0.15, 0.2) is 0 Å². The van der Waals surface area contributed by atoms with E-state index in [0.29, 0.717) is 5.41 Å². The van der Waals surface area contributed by atoms with Crippen molar-refractivity contribution >= 4 is 0 Å². The first-order valence-corrected chi connectivity index (χ1v) is 12.9. The molecule has 184 valence electrons. The standard InChI is InChI=1S/C34H36O2/c1-25-5-7-26(8-6-25)23-27-9-15-31(16-10-27)36-32-19-13-29(14-20-32)34(22-21-33(2,3)24-34)28-11-17-30(35-4)18-12-28/h5-20H,21-24H2,1-4H3. The van der Waals surface area contributed by atoms with E-state index in [4.69, 9.17) is 9.47 Å². The van der Waals surface area contributed by atoms with Gasteiger partial charge in [-0.05, 0) is 96.7 Å². The van der Waals surface area contributed by atoms with Gasteiger partial charge >= 0.3 is 0 Å². The molecule has 5 rings (SSSR count). The number of rotatable bonds is 7. The maximum Gasteiger partial charge on any atom is 0.127 e. The number of benzene rings is 4. The Hall–Kier alpha value is -3.52. The Morgan fingerprint density at radius 3 is 1.56 bits per heavy atom. The van der Waals surface area contributed by atoms with Crippen LogP contribution in [0.4, 0.5) is 0 Å². The topological polar surface area (TPSA) is 18.5 Å². The number of hydrogen-bond acceptors (Lipinski definition) is 2. The van der Waals surface area contributed by atoms with Crippen LogP contribution in [0.3, 0.4) is 0 Å². The molecule has 0 heterocycles. The Kier molecular flexibility index (Phi) is 6.62. The predicted octanol–water partition coefficient (Wildman–Crippen LogP) is 8.88. The molecule has 1 fully saturated rings. The maximum absolute atomic E-state index is 6.21. The number of hydrogen-bond donors (Lipinski definition) is 0. The van der Waals surface area contributed by atoms with Crippen LogP contribution in [-0.4, -0.2) is 7.11 Å². The lowest BCUT2D eigenvalue weighted by atomic mass is 9.71. The van der Waals surface area contributed by atoms with E-state index in [2.05, 4.69) is 118 Å². The average molecular weight is 477 g/mol. The van der Waals surface area contributed by atoms with E-state index in [9.17, 15) is 0 Å². The van der Waals surface area contributed by atoms with Crippen molar-refractivity contribution in [1.29, 1.82) is 0 Å². The Bertz CT molecular complexity index is 1280. The fraction of sp³-hybridized carbons (Fsp3) is 0.294. The zero-order valence-corrected chi connectivity index (χ0v) is 21.9. The molecule has 0 saturated heterocycles. The van der Waals surface area contributed by atoms with Crippen LogP contribution < -0.4 is 9.47 Å². The van der Waals surface area contributed by atoms with Crippen LogP contribution in [0.5, 0.6) is 17.2 Å². The Morgan fingerprint density at radius 2 is 1.08 bits per heavy atom. The summed E-state index contributed by atoms with van der Waals surface area (Å²) in [5, 5.41) is 0. The van der Waals surface area contributed by atoms with Gasteiger partial charge in [-0.25, -0.2) is 0 Å². The highest BCUT2D eigenvalue weighted by Crippen LogP contribution is 2.54. The molecule has 0 amide bonds. The zero-order chi connectivity index (χ0) is 25.2. The zero-order valence-electron chi connectivity index (χ0n) is 21.9. The quantitative estimate of drug-likeness (QED) is 0.265. The fourth-order valence-corrected chi connectivity index (χ4v) is 5.71. The van der Waals surface area contributed by atoms with Crippen molar-refractivity contribution in [2.45, 2.75) is 51.9 Å². The predicted molar refractivity (Wildman–Crippen MR) is 148 cm³/mol. The molecule has 4 aromatic carbocycles. The third-order valence-electron chi connectivity index (χ3n) is 7.75. The van der Waals surface area contributed by atoms with E-state index in [-0.39, 0.29) is 5.41 Å². The summed E-state index contributed by atoms with van der Waals surface area (Å²) in [6.45, 7) is 6.90. The second-order valence-corrected chi connectivity index (χ2v) is 11.1. The molecular weight excluding hydrogens is 440 g/mol. The first-order chi connectivity index (χ1) is 17.3. The summed E-state index contributed by atoms with van der Waals surface area (Å²) in [4.78, 5) is 0. The second kappa shape index (κ2) is 9.85. The molecule has 0 spiro atoms. The van der Waals surface area contributed by atoms with Crippen molar-refractivity contribution in [2.24, 2.45) is 5.41 Å². The minimum atomic E-state index is 0.0198. The minimum absolute atomic E-state index is 0.0198. The molecule has 1 saturated carbocycles. The molecule has 0 bridgehead atoms. The highest BCUT2D eigenvalue weighted by atomic mass is 16.5. The van der Waals surface area contributed by atoms with Gasteiger partial charge in [-0.3, -0.25) is 0 Å². The lowest BCUT2D eigenvalue weighted by Gasteiger charge is -2.33. The molecule has 0 aliphatic heterocycles. The van der Waals surface area contributed by atoms with Crippen LogP contribution in [0.2, 0.25) is 0 Å². The average Bonchev–Trinajstić information content (AvgIpc) is 3.23. The summed E-state index contributed by atoms with van der Waals surface area (Å²) in [6, 6.07) is 34.6. The fourth-order valence-electron chi connectivity index (χ4n) is 5.71. The van der Waals surface area contributed by atoms with Crippen LogP contribution in [0, 0.1) is 12.3 Å². The van der Waals surface area contributed by atoms with E-state index >= 15 is 0 Å². The van der Waals surface area contributed by atoms with Gasteiger partial charge in [0.2, 0.25) is 0 Å². The summed E-state index contributed by atoms with van der Waals surface area (Å²) < 4.78 is 11.6. The summed E-state index contributed by atoms with van der Waals surface area (Å²) >= 11 is 0. The third-order valence-corrected chi connectivity index (χ3v) is 7.75. The monoisotopic (exact) mass is 476 g/mol. The van der Waals surface area contributed by atoms with Gasteiger partial charge in [-0.1, -0.05) is 80.1 Å². The smallest absolute Gasteiger partial charge is 0.127 e. The molecule has 0 N–H and O–H groups in total. The molecular formula is C34H36O2. The molecule has 2 nitrogen and oxygen atoms in total. The van der Waals surface area contributed by atoms with Crippen LogP contribution >= 0.6 is 0 Å². The summed E-state index contributed by atoms with van der Waals surface area (Å²) in [7, 11) is 1.72. The first kappa shape index (κ1) is 24.2. The highest BCUT2D eigenvalue weighted by molar-refractivity contribution is 5.45. The van der Waals surface area contributed by atoms with Gasteiger partial charge < -0.3 is 9.47 Å². The normalized spacial score (nSPS) is 18.7. The van der Waals surface area contributed by atoms with Crippen molar-refractivity contribution in [3.05, 3.63) is 125 Å². The van der Waals surface area contributed by atoms with Crippen molar-refractivity contribution in [1.82, 2.24) is 0 Å². The van der Waals surface area contributed by atoms with Gasteiger partial charge in [-0.2, -0.15) is 0 Å². The van der Waals surface area contributed by atoms with E-state index < -0.39 is 0 Å². The van der Waals surface area contributed by atoms with Gasteiger partial charge in [0.1, 0.15) is 17.2 Å². The van der Waals surface area contributed by atoms with Gasteiger partial charge in [-0.15, -0.1) is 0 Å². The minimum Gasteiger partial charge on any atom is -0.497 e. The van der Waals surface area contributed by atoms with Crippen molar-refractivity contribution in [3.8, 4) is 17.2 Å². The van der Waals surface area contributed by atoms with Crippen LogP contribution in [0.1, 0.15) is 60.9 Å². The van der Waals surface area contributed by atoms with E-state index in [0.717, 1.165) is 36.5 Å². The van der Waals surface area contributed by atoms with Gasteiger partial charge in [0.05, 0.1) is 7.11 Å². The van der Waals surface area contributed by atoms with Crippen LogP contribution in [-0.2, 0) is 11.8 Å². The largest absolute Gasteiger partial charge is 0.497 e. The van der Waals surface area contributed by atoms with Crippen LogP contribution in [0.25, 0.3) is 0 Å². The van der Waals surface area contributed by atoms with Gasteiger partial charge in [0.25, 0.3) is 0 Å². The lowest BCUT2D eigenvalue weighted by molar-refractivity contribution is 0.356. The van der Waals surface area contributed by atoms with E-state index in [1.54, 1.807) is 7.11 Å². The maximum atomic E-state index is 6.21. The molecule has 1 unspecified atom stereocenters. The molecule has 1 aliphatic carbocycles.